The Morgan fingerprint density at radius 3 is 1.74 bits per heavy atom. The normalized spacial score (nSPS) is 10.7. The van der Waals surface area contributed by atoms with E-state index in [9.17, 15) is 0 Å². The van der Waals surface area contributed by atoms with E-state index in [0.717, 1.165) is 18.8 Å². The zero-order valence-electron chi connectivity index (χ0n) is 13.1. The molecule has 0 unspecified atom stereocenters. The van der Waals surface area contributed by atoms with Gasteiger partial charge in [0.2, 0.25) is 0 Å². The lowest BCUT2D eigenvalue weighted by atomic mass is 10.2. The molecule has 0 amide bonds. The maximum Gasteiger partial charge on any atom is 0.142 e. The molecule has 0 heterocycles. The molecule has 0 fully saturated rings. The Kier molecular flexibility index (Phi) is 5.43. The van der Waals surface area contributed by atoms with Gasteiger partial charge in [0, 0.05) is 13.1 Å². The molecule has 0 N–H and O–H groups in total. The molecule has 0 saturated carbocycles. The van der Waals surface area contributed by atoms with E-state index in [1.807, 2.05) is 36.4 Å². The van der Waals surface area contributed by atoms with Crippen LogP contribution >= 0.6 is 0 Å². The van der Waals surface area contributed by atoms with E-state index < -0.39 is 0 Å². The fourth-order valence-corrected chi connectivity index (χ4v) is 2.46. The Balaban J connectivity index is 1.67. The molecule has 115 valence electrons. The van der Waals surface area contributed by atoms with Crippen molar-refractivity contribution in [2.75, 3.05) is 6.73 Å². The fraction of sp³-hybridized carbons (Fsp3) is 0.143. The summed E-state index contributed by atoms with van der Waals surface area (Å²) in [6.45, 7) is 2.26. The molecular formula is C21H20NO. The quantitative estimate of drug-likeness (QED) is 0.595. The van der Waals surface area contributed by atoms with Crippen LogP contribution < -0.4 is 4.74 Å². The third kappa shape index (κ3) is 4.97. The number of rotatable bonds is 7. The first-order valence-corrected chi connectivity index (χ1v) is 7.79. The highest BCUT2D eigenvalue weighted by Crippen LogP contribution is 2.13. The highest BCUT2D eigenvalue weighted by molar-refractivity contribution is 5.20. The Hall–Kier alpha value is -2.58. The Labute approximate surface area is 138 Å². The summed E-state index contributed by atoms with van der Waals surface area (Å²) in [5.74, 6) is 0.870. The molecule has 0 spiro atoms. The zero-order chi connectivity index (χ0) is 15.7. The van der Waals surface area contributed by atoms with Crippen LogP contribution in [0.2, 0.25) is 0 Å². The van der Waals surface area contributed by atoms with Crippen LogP contribution in [0.15, 0.2) is 84.9 Å². The van der Waals surface area contributed by atoms with Gasteiger partial charge >= 0.3 is 0 Å². The van der Waals surface area contributed by atoms with Crippen molar-refractivity contribution in [3.05, 3.63) is 102 Å². The van der Waals surface area contributed by atoms with Gasteiger partial charge in [0.25, 0.3) is 0 Å². The topological polar surface area (TPSA) is 12.5 Å². The van der Waals surface area contributed by atoms with Crippen molar-refractivity contribution in [2.45, 2.75) is 13.1 Å². The van der Waals surface area contributed by atoms with Gasteiger partial charge in [0.1, 0.15) is 12.5 Å². The van der Waals surface area contributed by atoms with Crippen LogP contribution in [0.4, 0.5) is 0 Å². The van der Waals surface area contributed by atoms with Crippen LogP contribution in [0.1, 0.15) is 11.1 Å². The van der Waals surface area contributed by atoms with Crippen molar-refractivity contribution < 1.29 is 4.74 Å². The number of hydrogen-bond acceptors (Lipinski definition) is 2. The Morgan fingerprint density at radius 2 is 1.22 bits per heavy atom. The van der Waals surface area contributed by atoms with Crippen LogP contribution in [0.5, 0.6) is 5.75 Å². The van der Waals surface area contributed by atoms with Gasteiger partial charge in [-0.2, -0.15) is 0 Å². The van der Waals surface area contributed by atoms with E-state index in [4.69, 9.17) is 4.74 Å². The minimum atomic E-state index is 0.549. The maximum absolute atomic E-state index is 5.92. The number of benzene rings is 3. The van der Waals surface area contributed by atoms with Crippen molar-refractivity contribution in [1.82, 2.24) is 4.90 Å². The molecule has 0 atom stereocenters. The summed E-state index contributed by atoms with van der Waals surface area (Å²) in [6.07, 6.45) is 0. The largest absolute Gasteiger partial charge is 0.478 e. The predicted octanol–water partition coefficient (Wildman–Crippen LogP) is 4.53. The summed E-state index contributed by atoms with van der Waals surface area (Å²) >= 11 is 0. The molecule has 0 aliphatic carbocycles. The van der Waals surface area contributed by atoms with Gasteiger partial charge in [-0.1, -0.05) is 72.8 Å². The summed E-state index contributed by atoms with van der Waals surface area (Å²) in [6, 6.07) is 31.6. The molecule has 0 saturated heterocycles. The van der Waals surface area contributed by atoms with Gasteiger partial charge < -0.3 is 4.74 Å². The predicted molar refractivity (Wildman–Crippen MR) is 92.9 cm³/mol. The molecule has 0 bridgehead atoms. The van der Waals surface area contributed by atoms with Crippen molar-refractivity contribution in [3.63, 3.8) is 0 Å². The van der Waals surface area contributed by atoms with E-state index in [1.165, 1.54) is 11.1 Å². The average molecular weight is 302 g/mol. The Morgan fingerprint density at radius 1 is 0.696 bits per heavy atom. The monoisotopic (exact) mass is 302 g/mol. The molecule has 0 aliphatic heterocycles. The maximum atomic E-state index is 5.92. The number of hydrogen-bond donors (Lipinski definition) is 0. The second-order valence-electron chi connectivity index (χ2n) is 5.47. The molecule has 2 heteroatoms. The highest BCUT2D eigenvalue weighted by Gasteiger charge is 2.08. The van der Waals surface area contributed by atoms with E-state index in [1.54, 1.807) is 0 Å². The Bertz CT molecular complexity index is 641. The zero-order valence-corrected chi connectivity index (χ0v) is 13.1. The molecule has 23 heavy (non-hydrogen) atoms. The van der Waals surface area contributed by atoms with Gasteiger partial charge in [0.15, 0.2) is 0 Å². The lowest BCUT2D eigenvalue weighted by molar-refractivity contribution is 0.112. The van der Waals surface area contributed by atoms with Gasteiger partial charge in [-0.05, 0) is 29.3 Å². The molecule has 0 aromatic heterocycles. The first-order chi connectivity index (χ1) is 11.4. The molecule has 3 rings (SSSR count). The van der Waals surface area contributed by atoms with Crippen molar-refractivity contribution in [1.29, 1.82) is 0 Å². The molecular weight excluding hydrogens is 282 g/mol. The van der Waals surface area contributed by atoms with E-state index in [0.29, 0.717) is 6.73 Å². The van der Waals surface area contributed by atoms with Crippen molar-refractivity contribution in [2.24, 2.45) is 0 Å². The molecule has 3 aromatic rings. The molecule has 1 radical (unpaired) electrons. The van der Waals surface area contributed by atoms with Gasteiger partial charge in [-0.3, -0.25) is 4.90 Å². The van der Waals surface area contributed by atoms with Crippen LogP contribution in [0.3, 0.4) is 0 Å². The van der Waals surface area contributed by atoms with E-state index >= 15 is 0 Å². The third-order valence-corrected chi connectivity index (χ3v) is 3.60. The standard InChI is InChI=1S/C21H20NO/c1-4-10-19(11-5-1)16-22(17-20-12-6-2-7-13-20)18-23-21-14-8-3-9-15-21/h1-2,4-15H,16-18H2. The highest BCUT2D eigenvalue weighted by atomic mass is 16.5. The minimum Gasteiger partial charge on any atom is -0.478 e. The third-order valence-electron chi connectivity index (χ3n) is 3.60. The lowest BCUT2D eigenvalue weighted by Gasteiger charge is -2.23. The summed E-state index contributed by atoms with van der Waals surface area (Å²) < 4.78 is 5.92. The lowest BCUT2D eigenvalue weighted by Crippen LogP contribution is -2.27. The van der Waals surface area contributed by atoms with Crippen LogP contribution in [0.25, 0.3) is 0 Å². The molecule has 2 nitrogen and oxygen atoms in total. The van der Waals surface area contributed by atoms with Crippen molar-refractivity contribution in [3.8, 4) is 5.75 Å². The van der Waals surface area contributed by atoms with E-state index in [2.05, 4.69) is 59.5 Å². The summed E-state index contributed by atoms with van der Waals surface area (Å²) in [4.78, 5) is 2.29. The van der Waals surface area contributed by atoms with Crippen molar-refractivity contribution >= 4 is 0 Å². The minimum absolute atomic E-state index is 0.549. The van der Waals surface area contributed by atoms with Crippen LogP contribution in [0, 0.1) is 6.07 Å². The van der Waals surface area contributed by atoms with Gasteiger partial charge in [-0.25, -0.2) is 0 Å². The van der Waals surface area contributed by atoms with Gasteiger partial charge in [-0.15, -0.1) is 0 Å². The summed E-state index contributed by atoms with van der Waals surface area (Å²) in [5, 5.41) is 0. The molecule has 3 aromatic carbocycles. The van der Waals surface area contributed by atoms with E-state index in [-0.39, 0.29) is 0 Å². The summed E-state index contributed by atoms with van der Waals surface area (Å²) in [5.41, 5.74) is 2.57. The van der Waals surface area contributed by atoms with Gasteiger partial charge in [0.05, 0.1) is 0 Å². The van der Waals surface area contributed by atoms with Crippen LogP contribution in [-0.4, -0.2) is 11.6 Å². The summed E-state index contributed by atoms with van der Waals surface area (Å²) in [7, 11) is 0. The first-order valence-electron chi connectivity index (χ1n) is 7.79. The van der Waals surface area contributed by atoms with Crippen LogP contribution in [-0.2, 0) is 13.1 Å². The SMILES string of the molecule is [c]1ccc(OCN(Cc2ccccc2)Cc2ccccc2)cc1. The second kappa shape index (κ2) is 8.16. The average Bonchev–Trinajstić information content (AvgIpc) is 2.62. The molecule has 0 aliphatic rings. The number of ether oxygens (including phenoxy) is 1. The first kappa shape index (κ1) is 15.3. The second-order valence-corrected chi connectivity index (χ2v) is 5.47. The smallest absolute Gasteiger partial charge is 0.142 e. The number of nitrogens with zero attached hydrogens (tertiary/aromatic N) is 1. The fourth-order valence-electron chi connectivity index (χ4n) is 2.46.